The van der Waals surface area contributed by atoms with Gasteiger partial charge in [-0.3, -0.25) is 4.79 Å². The Balaban J connectivity index is 2.22. The summed E-state index contributed by atoms with van der Waals surface area (Å²) < 4.78 is 5.73. The number of para-hydroxylation sites is 1. The number of aryl methyl sites for hydroxylation is 1. The van der Waals surface area contributed by atoms with Crippen LogP contribution in [0.5, 0.6) is 0 Å². The Hall–Kier alpha value is -2.00. The Morgan fingerprint density at radius 3 is 2.83 bits per heavy atom. The quantitative estimate of drug-likeness (QED) is 0.723. The second kappa shape index (κ2) is 4.03. The zero-order chi connectivity index (χ0) is 12.7. The Bertz CT molecular complexity index is 786. The second-order valence-electron chi connectivity index (χ2n) is 4.17. The van der Waals surface area contributed by atoms with Gasteiger partial charge in [-0.2, -0.15) is 0 Å². The van der Waals surface area contributed by atoms with Crippen molar-refractivity contribution in [1.29, 1.82) is 0 Å². The number of benzene rings is 1. The minimum absolute atomic E-state index is 0.0899. The summed E-state index contributed by atoms with van der Waals surface area (Å²) in [7, 11) is 0. The lowest BCUT2D eigenvalue weighted by Gasteiger charge is -1.97. The van der Waals surface area contributed by atoms with Gasteiger partial charge in [0, 0.05) is 22.7 Å². The molecule has 0 atom stereocenters. The van der Waals surface area contributed by atoms with Gasteiger partial charge >= 0.3 is 0 Å². The zero-order valence-corrected chi connectivity index (χ0v) is 10.4. The molecule has 18 heavy (non-hydrogen) atoms. The summed E-state index contributed by atoms with van der Waals surface area (Å²) in [6.45, 7) is 1.76. The third-order valence-electron chi connectivity index (χ3n) is 2.87. The number of hydrogen-bond donors (Lipinski definition) is 1. The van der Waals surface area contributed by atoms with Crippen molar-refractivity contribution < 1.29 is 4.42 Å². The first-order valence-corrected chi connectivity index (χ1v) is 5.91. The average molecular weight is 260 g/mol. The fourth-order valence-electron chi connectivity index (χ4n) is 1.91. The molecule has 2 heterocycles. The van der Waals surface area contributed by atoms with Gasteiger partial charge in [-0.25, -0.2) is 0 Å². The van der Waals surface area contributed by atoms with Crippen molar-refractivity contribution in [1.82, 2.24) is 4.98 Å². The van der Waals surface area contributed by atoms with Gasteiger partial charge in [-0.05, 0) is 25.1 Å². The molecule has 0 aliphatic heterocycles. The largest absolute Gasteiger partial charge is 0.454 e. The molecular weight excluding hydrogens is 250 g/mol. The fourth-order valence-corrected chi connectivity index (χ4v) is 2.13. The predicted octanol–water partition coefficient (Wildman–Crippen LogP) is 3.75. The topological polar surface area (TPSA) is 46.0 Å². The van der Waals surface area contributed by atoms with E-state index in [1.807, 2.05) is 18.2 Å². The van der Waals surface area contributed by atoms with E-state index in [1.165, 1.54) is 0 Å². The molecule has 0 amide bonds. The van der Waals surface area contributed by atoms with E-state index in [1.54, 1.807) is 25.3 Å². The summed E-state index contributed by atoms with van der Waals surface area (Å²) in [6, 6.07) is 9.31. The monoisotopic (exact) mass is 259 g/mol. The van der Waals surface area contributed by atoms with Crippen LogP contribution in [0.4, 0.5) is 0 Å². The van der Waals surface area contributed by atoms with Crippen molar-refractivity contribution in [2.45, 2.75) is 6.92 Å². The summed E-state index contributed by atoms with van der Waals surface area (Å²) in [5.41, 5.74) is 2.06. The molecule has 0 radical (unpaired) electrons. The molecule has 0 aliphatic carbocycles. The number of hydrogen-bond acceptors (Lipinski definition) is 2. The smallest absolute Gasteiger partial charge is 0.250 e. The molecule has 3 aromatic rings. The van der Waals surface area contributed by atoms with Gasteiger partial charge in [-0.1, -0.05) is 23.7 Å². The van der Waals surface area contributed by atoms with E-state index in [2.05, 4.69) is 4.98 Å². The van der Waals surface area contributed by atoms with Crippen LogP contribution in [0, 0.1) is 6.92 Å². The molecule has 0 fully saturated rings. The number of furan rings is 1. The molecular formula is C14H10ClNO2. The molecule has 1 aromatic carbocycles. The number of fused-ring (bicyclic) bond motifs is 1. The van der Waals surface area contributed by atoms with Gasteiger partial charge in [-0.15, -0.1) is 0 Å². The normalized spacial score (nSPS) is 11.0. The first-order valence-electron chi connectivity index (χ1n) is 5.53. The summed E-state index contributed by atoms with van der Waals surface area (Å²) in [4.78, 5) is 14.0. The van der Waals surface area contributed by atoms with E-state index in [4.69, 9.17) is 16.0 Å². The lowest BCUT2D eigenvalue weighted by atomic mass is 10.1. The van der Waals surface area contributed by atoms with E-state index >= 15 is 0 Å². The number of halogens is 1. The number of rotatable bonds is 1. The second-order valence-corrected chi connectivity index (χ2v) is 4.58. The number of pyridine rings is 1. The lowest BCUT2D eigenvalue weighted by molar-refractivity contribution is 0.631. The highest BCUT2D eigenvalue weighted by Crippen LogP contribution is 2.31. The van der Waals surface area contributed by atoms with E-state index in [-0.39, 0.29) is 5.56 Å². The van der Waals surface area contributed by atoms with Crippen molar-refractivity contribution >= 4 is 22.6 Å². The number of aromatic amines is 1. The van der Waals surface area contributed by atoms with E-state index in [9.17, 15) is 4.79 Å². The summed E-state index contributed by atoms with van der Waals surface area (Å²) in [5, 5.41) is 1.53. The van der Waals surface area contributed by atoms with Crippen molar-refractivity contribution in [2.24, 2.45) is 0 Å². The Labute approximate surface area is 108 Å². The summed E-state index contributed by atoms with van der Waals surface area (Å²) >= 11 is 6.06. The standard InChI is InChI=1S/C14H10ClNO2/c1-8-5-10(7-16-14(8)17)12-6-9-3-2-4-11(15)13(9)18-12/h2-7H,1H3,(H,16,17). The fraction of sp³-hybridized carbons (Fsp3) is 0.0714. The maximum absolute atomic E-state index is 11.3. The third kappa shape index (κ3) is 1.73. The molecule has 3 nitrogen and oxygen atoms in total. The lowest BCUT2D eigenvalue weighted by Crippen LogP contribution is -2.07. The van der Waals surface area contributed by atoms with Crippen LogP contribution in [0.25, 0.3) is 22.3 Å². The highest BCUT2D eigenvalue weighted by atomic mass is 35.5. The van der Waals surface area contributed by atoms with Crippen LogP contribution in [0.15, 0.2) is 45.7 Å². The van der Waals surface area contributed by atoms with Crippen LogP contribution in [0.3, 0.4) is 0 Å². The third-order valence-corrected chi connectivity index (χ3v) is 3.17. The maximum Gasteiger partial charge on any atom is 0.250 e. The first kappa shape index (κ1) is 11.1. The Morgan fingerprint density at radius 2 is 2.11 bits per heavy atom. The maximum atomic E-state index is 11.3. The molecule has 2 aromatic heterocycles. The van der Waals surface area contributed by atoms with Crippen LogP contribution < -0.4 is 5.56 Å². The summed E-state index contributed by atoms with van der Waals surface area (Å²) in [6.07, 6.45) is 1.64. The zero-order valence-electron chi connectivity index (χ0n) is 9.66. The van der Waals surface area contributed by atoms with Gasteiger partial charge in [0.2, 0.25) is 0 Å². The van der Waals surface area contributed by atoms with Crippen LogP contribution in [0.1, 0.15) is 5.56 Å². The van der Waals surface area contributed by atoms with Gasteiger partial charge in [0.25, 0.3) is 5.56 Å². The molecule has 0 unspecified atom stereocenters. The number of aromatic nitrogens is 1. The SMILES string of the molecule is Cc1cc(-c2cc3cccc(Cl)c3o2)c[nH]c1=O. The minimum atomic E-state index is -0.0899. The number of H-pyrrole nitrogens is 1. The molecule has 90 valence electrons. The van der Waals surface area contributed by atoms with Crippen molar-refractivity contribution in [3.8, 4) is 11.3 Å². The molecule has 0 spiro atoms. The van der Waals surface area contributed by atoms with Crippen LogP contribution in [0.2, 0.25) is 5.02 Å². The molecule has 1 N–H and O–H groups in total. The molecule has 4 heteroatoms. The van der Waals surface area contributed by atoms with Gasteiger partial charge in [0.1, 0.15) is 5.76 Å². The van der Waals surface area contributed by atoms with E-state index in [0.29, 0.717) is 21.9 Å². The van der Waals surface area contributed by atoms with Crippen molar-refractivity contribution in [3.05, 3.63) is 57.5 Å². The van der Waals surface area contributed by atoms with Crippen LogP contribution >= 0.6 is 11.6 Å². The van der Waals surface area contributed by atoms with Crippen molar-refractivity contribution in [3.63, 3.8) is 0 Å². The molecule has 0 aliphatic rings. The number of nitrogens with one attached hydrogen (secondary N) is 1. The van der Waals surface area contributed by atoms with Gasteiger partial charge < -0.3 is 9.40 Å². The van der Waals surface area contributed by atoms with Crippen LogP contribution in [-0.2, 0) is 0 Å². The highest BCUT2D eigenvalue weighted by Gasteiger charge is 2.09. The minimum Gasteiger partial charge on any atom is -0.454 e. The first-order chi connectivity index (χ1) is 8.65. The molecule has 0 saturated carbocycles. The summed E-state index contributed by atoms with van der Waals surface area (Å²) in [5.74, 6) is 0.692. The highest BCUT2D eigenvalue weighted by molar-refractivity contribution is 6.34. The van der Waals surface area contributed by atoms with Crippen LogP contribution in [-0.4, -0.2) is 4.98 Å². The van der Waals surface area contributed by atoms with Crippen molar-refractivity contribution in [2.75, 3.05) is 0 Å². The average Bonchev–Trinajstić information content (AvgIpc) is 2.78. The van der Waals surface area contributed by atoms with E-state index < -0.39 is 0 Å². The Morgan fingerprint density at radius 1 is 1.28 bits per heavy atom. The van der Waals surface area contributed by atoms with Gasteiger partial charge in [0.05, 0.1) is 5.02 Å². The Kier molecular flexibility index (Phi) is 2.49. The molecule has 3 rings (SSSR count). The van der Waals surface area contributed by atoms with E-state index in [0.717, 1.165) is 10.9 Å². The van der Waals surface area contributed by atoms with Gasteiger partial charge in [0.15, 0.2) is 5.58 Å². The molecule has 0 bridgehead atoms. The predicted molar refractivity (Wildman–Crippen MR) is 72.0 cm³/mol. The molecule has 0 saturated heterocycles.